The number of carbonyl (C=O) groups is 1. The number of aliphatic imine (C=N–C) groups is 1. The van der Waals surface area contributed by atoms with Gasteiger partial charge in [0.15, 0.2) is 15.8 Å². The SMILES string of the molecule is CCNC(=NCc1ccc(C(=O)NC)cc1)NCc1cc(F)ccc1CS(C)(=O)=O. The Bertz CT molecular complexity index is 1010. The van der Waals surface area contributed by atoms with E-state index in [0.29, 0.717) is 35.7 Å². The van der Waals surface area contributed by atoms with Gasteiger partial charge in [0.2, 0.25) is 0 Å². The van der Waals surface area contributed by atoms with Gasteiger partial charge in [-0.25, -0.2) is 17.8 Å². The molecule has 162 valence electrons. The minimum Gasteiger partial charge on any atom is -0.357 e. The highest BCUT2D eigenvalue weighted by molar-refractivity contribution is 7.89. The summed E-state index contributed by atoms with van der Waals surface area (Å²) in [6.07, 6.45) is 1.15. The van der Waals surface area contributed by atoms with E-state index in [9.17, 15) is 17.6 Å². The summed E-state index contributed by atoms with van der Waals surface area (Å²) in [6.45, 7) is 3.15. The van der Waals surface area contributed by atoms with E-state index in [1.54, 1.807) is 19.2 Å². The van der Waals surface area contributed by atoms with E-state index >= 15 is 0 Å². The van der Waals surface area contributed by atoms with Crippen molar-refractivity contribution in [3.8, 4) is 0 Å². The van der Waals surface area contributed by atoms with Crippen molar-refractivity contribution >= 4 is 21.7 Å². The van der Waals surface area contributed by atoms with Gasteiger partial charge in [0.25, 0.3) is 5.91 Å². The molecule has 0 aliphatic rings. The van der Waals surface area contributed by atoms with Gasteiger partial charge < -0.3 is 16.0 Å². The van der Waals surface area contributed by atoms with E-state index in [0.717, 1.165) is 11.8 Å². The van der Waals surface area contributed by atoms with E-state index in [-0.39, 0.29) is 18.2 Å². The third-order valence-electron chi connectivity index (χ3n) is 4.24. The van der Waals surface area contributed by atoms with Crippen molar-refractivity contribution in [1.82, 2.24) is 16.0 Å². The maximum atomic E-state index is 13.7. The average Bonchev–Trinajstić information content (AvgIpc) is 2.70. The molecule has 0 radical (unpaired) electrons. The van der Waals surface area contributed by atoms with E-state index in [4.69, 9.17) is 0 Å². The number of amides is 1. The molecule has 2 rings (SSSR count). The smallest absolute Gasteiger partial charge is 0.251 e. The van der Waals surface area contributed by atoms with Crippen LogP contribution in [-0.2, 0) is 28.7 Å². The summed E-state index contributed by atoms with van der Waals surface area (Å²) < 4.78 is 37.0. The second-order valence-electron chi connectivity index (χ2n) is 6.81. The molecule has 0 heterocycles. The van der Waals surface area contributed by atoms with Crippen molar-refractivity contribution < 1.29 is 17.6 Å². The first-order chi connectivity index (χ1) is 14.2. The summed E-state index contributed by atoms with van der Waals surface area (Å²) in [4.78, 5) is 16.1. The Hall–Kier alpha value is -2.94. The summed E-state index contributed by atoms with van der Waals surface area (Å²) in [5.41, 5.74) is 2.59. The molecule has 1 amide bonds. The summed E-state index contributed by atoms with van der Waals surface area (Å²) in [5, 5.41) is 8.79. The number of benzene rings is 2. The summed E-state index contributed by atoms with van der Waals surface area (Å²) in [6, 6.07) is 11.2. The van der Waals surface area contributed by atoms with Gasteiger partial charge in [-0.15, -0.1) is 0 Å². The van der Waals surface area contributed by atoms with Crippen molar-refractivity contribution in [3.05, 3.63) is 70.5 Å². The molecular weight excluding hydrogens is 407 g/mol. The number of rotatable bonds is 8. The Balaban J connectivity index is 2.10. The predicted octanol–water partition coefficient (Wildman–Crippen LogP) is 1.99. The average molecular weight is 435 g/mol. The molecule has 9 heteroatoms. The van der Waals surface area contributed by atoms with Crippen molar-refractivity contribution in [2.24, 2.45) is 4.99 Å². The highest BCUT2D eigenvalue weighted by atomic mass is 32.2. The molecule has 7 nitrogen and oxygen atoms in total. The molecule has 0 unspecified atom stereocenters. The summed E-state index contributed by atoms with van der Waals surface area (Å²) in [5.74, 6) is -0.222. The molecule has 0 saturated heterocycles. The zero-order valence-electron chi connectivity index (χ0n) is 17.3. The molecule has 30 heavy (non-hydrogen) atoms. The number of hydrogen-bond donors (Lipinski definition) is 3. The largest absolute Gasteiger partial charge is 0.357 e. The normalized spacial score (nSPS) is 11.8. The van der Waals surface area contributed by atoms with Crippen LogP contribution in [0.2, 0.25) is 0 Å². The Morgan fingerprint density at radius 2 is 1.77 bits per heavy atom. The molecular formula is C21H27FN4O3S. The topological polar surface area (TPSA) is 99.7 Å². The molecule has 3 N–H and O–H groups in total. The van der Waals surface area contributed by atoms with Gasteiger partial charge in [-0.05, 0) is 47.9 Å². The minimum absolute atomic E-state index is 0.153. The molecule has 0 aliphatic heterocycles. The van der Waals surface area contributed by atoms with Gasteiger partial charge in [-0.1, -0.05) is 18.2 Å². The maximum Gasteiger partial charge on any atom is 0.251 e. The monoisotopic (exact) mass is 434 g/mol. The molecule has 0 aromatic heterocycles. The Morgan fingerprint density at radius 3 is 2.37 bits per heavy atom. The number of carbonyl (C=O) groups excluding carboxylic acids is 1. The van der Waals surface area contributed by atoms with Crippen LogP contribution in [0.1, 0.15) is 34.0 Å². The molecule has 0 spiro atoms. The number of nitrogens with zero attached hydrogens (tertiary/aromatic N) is 1. The number of sulfone groups is 1. The van der Waals surface area contributed by atoms with Gasteiger partial charge in [0, 0.05) is 32.0 Å². The molecule has 0 fully saturated rings. The zero-order chi connectivity index (χ0) is 22.1. The fraction of sp³-hybridized carbons (Fsp3) is 0.333. The van der Waals surface area contributed by atoms with Crippen LogP contribution in [0.4, 0.5) is 4.39 Å². The van der Waals surface area contributed by atoms with Crippen LogP contribution in [-0.4, -0.2) is 40.1 Å². The minimum atomic E-state index is -3.24. The third kappa shape index (κ3) is 7.47. The fourth-order valence-corrected chi connectivity index (χ4v) is 3.63. The Morgan fingerprint density at radius 1 is 1.07 bits per heavy atom. The Kier molecular flexibility index (Phi) is 8.35. The van der Waals surface area contributed by atoms with Gasteiger partial charge in [-0.2, -0.15) is 0 Å². The number of nitrogens with one attached hydrogen (secondary N) is 3. The van der Waals surface area contributed by atoms with Crippen LogP contribution in [0.15, 0.2) is 47.5 Å². The second kappa shape index (κ2) is 10.7. The maximum absolute atomic E-state index is 13.7. The summed E-state index contributed by atoms with van der Waals surface area (Å²) in [7, 11) is -1.67. The zero-order valence-corrected chi connectivity index (χ0v) is 18.1. The van der Waals surface area contributed by atoms with Crippen molar-refractivity contribution in [1.29, 1.82) is 0 Å². The van der Waals surface area contributed by atoms with Crippen LogP contribution < -0.4 is 16.0 Å². The molecule has 0 aliphatic carbocycles. The standard InChI is InChI=1S/C21H27FN4O3S/c1-4-24-21(25-12-15-5-7-16(8-6-15)20(27)23-2)26-13-18-11-19(22)10-9-17(18)14-30(3,28)29/h5-11H,4,12-14H2,1-3H3,(H,23,27)(H2,24,25,26). The van der Waals surface area contributed by atoms with E-state index in [1.807, 2.05) is 19.1 Å². The predicted molar refractivity (Wildman–Crippen MR) is 116 cm³/mol. The lowest BCUT2D eigenvalue weighted by Gasteiger charge is -2.14. The molecule has 2 aromatic carbocycles. The fourth-order valence-electron chi connectivity index (χ4n) is 2.78. The number of hydrogen-bond acceptors (Lipinski definition) is 4. The van der Waals surface area contributed by atoms with Crippen molar-refractivity contribution in [2.75, 3.05) is 19.8 Å². The lowest BCUT2D eigenvalue weighted by Crippen LogP contribution is -2.37. The van der Waals surface area contributed by atoms with Crippen molar-refractivity contribution in [2.45, 2.75) is 25.8 Å². The summed E-state index contributed by atoms with van der Waals surface area (Å²) >= 11 is 0. The first-order valence-corrected chi connectivity index (χ1v) is 11.6. The van der Waals surface area contributed by atoms with Crippen LogP contribution in [0.3, 0.4) is 0 Å². The quantitative estimate of drug-likeness (QED) is 0.436. The molecule has 0 saturated carbocycles. The van der Waals surface area contributed by atoms with Crippen LogP contribution >= 0.6 is 0 Å². The first kappa shape index (κ1) is 23.3. The Labute approximate surface area is 176 Å². The molecule has 0 bridgehead atoms. The van der Waals surface area contributed by atoms with E-state index in [2.05, 4.69) is 20.9 Å². The first-order valence-electron chi connectivity index (χ1n) is 9.50. The highest BCUT2D eigenvalue weighted by Crippen LogP contribution is 2.14. The number of halogens is 1. The van der Waals surface area contributed by atoms with E-state index < -0.39 is 15.7 Å². The van der Waals surface area contributed by atoms with Gasteiger partial charge in [0.1, 0.15) is 5.82 Å². The third-order valence-corrected chi connectivity index (χ3v) is 5.07. The lowest BCUT2D eigenvalue weighted by atomic mass is 10.1. The van der Waals surface area contributed by atoms with Gasteiger partial charge in [-0.3, -0.25) is 4.79 Å². The van der Waals surface area contributed by atoms with Crippen LogP contribution in [0.5, 0.6) is 0 Å². The highest BCUT2D eigenvalue weighted by Gasteiger charge is 2.11. The van der Waals surface area contributed by atoms with Crippen LogP contribution in [0, 0.1) is 5.82 Å². The molecule has 2 aromatic rings. The second-order valence-corrected chi connectivity index (χ2v) is 8.95. The lowest BCUT2D eigenvalue weighted by molar-refractivity contribution is 0.0963. The van der Waals surface area contributed by atoms with Gasteiger partial charge >= 0.3 is 0 Å². The number of guanidine groups is 1. The molecule has 0 atom stereocenters. The van der Waals surface area contributed by atoms with Crippen LogP contribution in [0.25, 0.3) is 0 Å². The van der Waals surface area contributed by atoms with Gasteiger partial charge in [0.05, 0.1) is 12.3 Å². The van der Waals surface area contributed by atoms with E-state index in [1.165, 1.54) is 18.2 Å². The van der Waals surface area contributed by atoms with Crippen molar-refractivity contribution in [3.63, 3.8) is 0 Å².